The molecule has 0 saturated heterocycles. The summed E-state index contributed by atoms with van der Waals surface area (Å²) in [6.45, 7) is 4.81. The first-order valence-corrected chi connectivity index (χ1v) is 9.32. The van der Waals surface area contributed by atoms with E-state index in [1.54, 1.807) is 6.20 Å². The summed E-state index contributed by atoms with van der Waals surface area (Å²) in [4.78, 5) is 20.5. The zero-order chi connectivity index (χ0) is 19.0. The van der Waals surface area contributed by atoms with E-state index >= 15 is 0 Å². The van der Waals surface area contributed by atoms with E-state index in [1.165, 1.54) is 0 Å². The molecular weight excluding hydrogens is 358 g/mol. The Bertz CT molecular complexity index is 1110. The maximum absolute atomic E-state index is 13.1. The number of aromatic nitrogens is 3. The van der Waals surface area contributed by atoms with E-state index < -0.39 is 0 Å². The van der Waals surface area contributed by atoms with Gasteiger partial charge in [-0.25, -0.2) is 4.98 Å². The molecule has 136 valence electrons. The number of ketones is 1. The van der Waals surface area contributed by atoms with Crippen LogP contribution in [0.3, 0.4) is 0 Å². The van der Waals surface area contributed by atoms with Crippen LogP contribution in [0.5, 0.6) is 0 Å². The maximum atomic E-state index is 13.1. The van der Waals surface area contributed by atoms with Gasteiger partial charge in [0.05, 0.1) is 5.56 Å². The molecule has 27 heavy (non-hydrogen) atoms. The third-order valence-corrected chi connectivity index (χ3v) is 4.98. The molecule has 0 unspecified atom stereocenters. The lowest BCUT2D eigenvalue weighted by atomic mass is 10.1. The first-order valence-electron chi connectivity index (χ1n) is 8.95. The molecule has 1 N–H and O–H groups in total. The predicted molar refractivity (Wildman–Crippen MR) is 109 cm³/mol. The van der Waals surface area contributed by atoms with Crippen molar-refractivity contribution < 1.29 is 4.79 Å². The molecular formula is C22H20ClN3O. The van der Waals surface area contributed by atoms with Crippen LogP contribution in [-0.2, 0) is 6.54 Å². The van der Waals surface area contributed by atoms with Gasteiger partial charge in [0.25, 0.3) is 0 Å². The molecule has 0 atom stereocenters. The van der Waals surface area contributed by atoms with E-state index in [9.17, 15) is 4.79 Å². The highest BCUT2D eigenvalue weighted by molar-refractivity contribution is 6.30. The van der Waals surface area contributed by atoms with Crippen molar-refractivity contribution in [1.82, 2.24) is 14.5 Å². The summed E-state index contributed by atoms with van der Waals surface area (Å²) in [5, 5.41) is 1.64. The average Bonchev–Trinajstić information content (AvgIpc) is 3.29. The largest absolute Gasteiger partial charge is 0.342 e. The number of imidazole rings is 1. The van der Waals surface area contributed by atoms with Gasteiger partial charge in [-0.2, -0.15) is 0 Å². The number of carbonyl (C=O) groups excluding carboxylic acids is 1. The molecule has 4 nitrogen and oxygen atoms in total. The number of carbonyl (C=O) groups is 1. The van der Waals surface area contributed by atoms with Crippen LogP contribution in [0.4, 0.5) is 0 Å². The number of nitrogens with one attached hydrogen (secondary N) is 1. The minimum Gasteiger partial charge on any atom is -0.342 e. The Morgan fingerprint density at radius 2 is 1.89 bits per heavy atom. The fourth-order valence-electron chi connectivity index (χ4n) is 3.22. The fraction of sp³-hybridized carbons (Fsp3) is 0.182. The Hall–Kier alpha value is -2.85. The van der Waals surface area contributed by atoms with Gasteiger partial charge in [0.2, 0.25) is 5.78 Å². The van der Waals surface area contributed by atoms with Gasteiger partial charge in [-0.15, -0.1) is 0 Å². The first-order chi connectivity index (χ1) is 13.0. The molecule has 2 aromatic carbocycles. The quantitative estimate of drug-likeness (QED) is 0.472. The molecule has 0 radical (unpaired) electrons. The number of nitrogens with zero attached hydrogens (tertiary/aromatic N) is 2. The molecule has 0 aliphatic heterocycles. The third kappa shape index (κ3) is 3.40. The topological polar surface area (TPSA) is 50.7 Å². The minimum atomic E-state index is -0.0899. The lowest BCUT2D eigenvalue weighted by molar-refractivity contribution is 0.103. The molecule has 0 aliphatic carbocycles. The Kier molecular flexibility index (Phi) is 4.58. The van der Waals surface area contributed by atoms with Gasteiger partial charge in [-0.3, -0.25) is 4.79 Å². The Morgan fingerprint density at radius 1 is 1.15 bits per heavy atom. The summed E-state index contributed by atoms with van der Waals surface area (Å²) in [6.07, 6.45) is 3.66. The minimum absolute atomic E-state index is 0.0899. The van der Waals surface area contributed by atoms with Gasteiger partial charge in [0, 0.05) is 40.6 Å². The van der Waals surface area contributed by atoms with E-state index in [2.05, 4.69) is 28.4 Å². The third-order valence-electron chi connectivity index (χ3n) is 4.73. The number of hydrogen-bond donors (Lipinski definition) is 1. The molecule has 0 bridgehead atoms. The summed E-state index contributed by atoms with van der Waals surface area (Å²) in [7, 11) is 0. The van der Waals surface area contributed by atoms with Crippen LogP contribution in [0.25, 0.3) is 10.9 Å². The number of fused-ring (bicyclic) bond motifs is 1. The van der Waals surface area contributed by atoms with Crippen LogP contribution in [0, 0.1) is 0 Å². The number of hydrogen-bond acceptors (Lipinski definition) is 2. The van der Waals surface area contributed by atoms with Crippen molar-refractivity contribution in [3.63, 3.8) is 0 Å². The standard InChI is InChI=1S/C22H20ClN3O/c1-14(2)19-11-24-22(25-19)21(27)18-13-26(20-6-4-3-5-17(18)20)12-15-7-9-16(23)10-8-15/h3-11,13-14H,12H2,1-2H3,(H,24,25). The van der Waals surface area contributed by atoms with Gasteiger partial charge >= 0.3 is 0 Å². The first kappa shape index (κ1) is 17.6. The van der Waals surface area contributed by atoms with Crippen molar-refractivity contribution in [2.75, 3.05) is 0 Å². The molecule has 2 heterocycles. The number of rotatable bonds is 5. The molecule has 4 aromatic rings. The number of benzene rings is 2. The zero-order valence-corrected chi connectivity index (χ0v) is 16.0. The SMILES string of the molecule is CC(C)c1cnc(C(=O)c2cn(Cc3ccc(Cl)cc3)c3ccccc23)[nH]1. The lowest BCUT2D eigenvalue weighted by Crippen LogP contribution is -2.04. The Labute approximate surface area is 162 Å². The zero-order valence-electron chi connectivity index (χ0n) is 15.2. The normalized spacial score (nSPS) is 11.4. The molecule has 0 amide bonds. The second-order valence-corrected chi connectivity index (χ2v) is 7.42. The van der Waals surface area contributed by atoms with Crippen LogP contribution < -0.4 is 0 Å². The van der Waals surface area contributed by atoms with Crippen molar-refractivity contribution in [2.45, 2.75) is 26.3 Å². The highest BCUT2D eigenvalue weighted by Crippen LogP contribution is 2.25. The molecule has 2 aromatic heterocycles. The fourth-order valence-corrected chi connectivity index (χ4v) is 3.34. The van der Waals surface area contributed by atoms with Crippen molar-refractivity contribution in [3.8, 4) is 0 Å². The second kappa shape index (κ2) is 7.05. The molecule has 0 saturated carbocycles. The van der Waals surface area contributed by atoms with E-state index in [0.29, 0.717) is 28.9 Å². The monoisotopic (exact) mass is 377 g/mol. The van der Waals surface area contributed by atoms with Crippen LogP contribution in [-0.4, -0.2) is 20.3 Å². The van der Waals surface area contributed by atoms with Gasteiger partial charge in [0.15, 0.2) is 5.82 Å². The summed E-state index contributed by atoms with van der Waals surface area (Å²) < 4.78 is 2.10. The number of halogens is 1. The van der Waals surface area contributed by atoms with E-state index in [0.717, 1.165) is 22.2 Å². The Balaban J connectivity index is 1.74. The maximum Gasteiger partial charge on any atom is 0.230 e. The van der Waals surface area contributed by atoms with Crippen molar-refractivity contribution in [1.29, 1.82) is 0 Å². The highest BCUT2D eigenvalue weighted by atomic mass is 35.5. The number of H-pyrrole nitrogens is 1. The van der Waals surface area contributed by atoms with E-state index in [4.69, 9.17) is 11.6 Å². The lowest BCUT2D eigenvalue weighted by Gasteiger charge is -2.05. The van der Waals surface area contributed by atoms with Crippen LogP contribution in [0.15, 0.2) is 60.9 Å². The van der Waals surface area contributed by atoms with E-state index in [-0.39, 0.29) is 5.78 Å². The molecule has 4 rings (SSSR count). The van der Waals surface area contributed by atoms with Gasteiger partial charge in [-0.05, 0) is 29.7 Å². The summed E-state index contributed by atoms with van der Waals surface area (Å²) in [5.74, 6) is 0.589. The average molecular weight is 378 g/mol. The molecule has 0 fully saturated rings. The van der Waals surface area contributed by atoms with Crippen LogP contribution >= 0.6 is 11.6 Å². The summed E-state index contributed by atoms with van der Waals surface area (Å²) in [5.41, 5.74) is 3.76. The number of para-hydroxylation sites is 1. The summed E-state index contributed by atoms with van der Waals surface area (Å²) >= 11 is 5.99. The summed E-state index contributed by atoms with van der Waals surface area (Å²) in [6, 6.07) is 15.7. The second-order valence-electron chi connectivity index (χ2n) is 6.99. The molecule has 0 aliphatic rings. The molecule has 5 heteroatoms. The van der Waals surface area contributed by atoms with Gasteiger partial charge in [0.1, 0.15) is 0 Å². The smallest absolute Gasteiger partial charge is 0.230 e. The van der Waals surface area contributed by atoms with Gasteiger partial charge < -0.3 is 9.55 Å². The number of aromatic amines is 1. The van der Waals surface area contributed by atoms with Crippen LogP contribution in [0.1, 0.15) is 47.2 Å². The highest BCUT2D eigenvalue weighted by Gasteiger charge is 2.19. The Morgan fingerprint density at radius 3 is 2.59 bits per heavy atom. The van der Waals surface area contributed by atoms with Crippen molar-refractivity contribution in [2.24, 2.45) is 0 Å². The van der Waals surface area contributed by atoms with E-state index in [1.807, 2.05) is 54.7 Å². The molecule has 0 spiro atoms. The van der Waals surface area contributed by atoms with Crippen molar-refractivity contribution in [3.05, 3.63) is 88.6 Å². The van der Waals surface area contributed by atoms with Crippen LogP contribution in [0.2, 0.25) is 5.02 Å². The predicted octanol–water partition coefficient (Wildman–Crippen LogP) is 5.42. The van der Waals surface area contributed by atoms with Gasteiger partial charge in [-0.1, -0.05) is 55.8 Å². The van der Waals surface area contributed by atoms with Crippen molar-refractivity contribution >= 4 is 28.3 Å².